The van der Waals surface area contributed by atoms with Crippen LogP contribution in [-0.2, 0) is 4.79 Å². The van der Waals surface area contributed by atoms with Crippen LogP contribution in [0.25, 0.3) is 0 Å². The molecule has 0 aromatic rings. The van der Waals surface area contributed by atoms with Crippen LogP contribution in [0.15, 0.2) is 0 Å². The zero-order valence-electron chi connectivity index (χ0n) is 9.88. The molecule has 0 aliphatic rings. The maximum Gasteiger partial charge on any atom is 0.236 e. The Morgan fingerprint density at radius 2 is 1.94 bits per heavy atom. The summed E-state index contributed by atoms with van der Waals surface area (Å²) in [6.45, 7) is 3.33. The number of amides is 1. The van der Waals surface area contributed by atoms with E-state index in [1.165, 1.54) is 0 Å². The highest BCUT2D eigenvalue weighted by Crippen LogP contribution is 1.94. The zero-order valence-corrected chi connectivity index (χ0v) is 9.88. The first-order chi connectivity index (χ1) is 7.57. The van der Waals surface area contributed by atoms with Crippen molar-refractivity contribution in [2.45, 2.75) is 38.6 Å². The zero-order chi connectivity index (χ0) is 12.4. The maximum atomic E-state index is 11.4. The Balaban J connectivity index is 3.51. The molecule has 7 N–H and O–H groups in total. The minimum Gasteiger partial charge on any atom is -0.370 e. The van der Waals surface area contributed by atoms with Crippen molar-refractivity contribution in [3.8, 4) is 0 Å². The molecule has 0 saturated carbocycles. The van der Waals surface area contributed by atoms with Crippen molar-refractivity contribution >= 4 is 11.9 Å². The predicted molar refractivity (Wildman–Crippen MR) is 65.0 cm³/mol. The molecule has 0 radical (unpaired) electrons. The van der Waals surface area contributed by atoms with Crippen LogP contribution < -0.4 is 22.1 Å². The number of carbonyl (C=O) groups excluding carboxylic acids is 1. The number of nitrogens with one attached hydrogen (secondary N) is 3. The number of rotatable bonds is 8. The third kappa shape index (κ3) is 8.05. The summed E-state index contributed by atoms with van der Waals surface area (Å²) in [5.41, 5.74) is 10.8. The molecule has 0 aliphatic carbocycles. The molecule has 1 amide bonds. The Kier molecular flexibility index (Phi) is 8.24. The Morgan fingerprint density at radius 1 is 1.31 bits per heavy atom. The van der Waals surface area contributed by atoms with Crippen molar-refractivity contribution in [2.75, 3.05) is 13.1 Å². The summed E-state index contributed by atoms with van der Waals surface area (Å²) in [6.07, 6.45) is 3.35. The van der Waals surface area contributed by atoms with E-state index in [0.717, 1.165) is 19.3 Å². The molecular weight excluding hydrogens is 206 g/mol. The number of nitrogens with two attached hydrogens (primary N) is 2. The average Bonchev–Trinajstić information content (AvgIpc) is 2.24. The summed E-state index contributed by atoms with van der Waals surface area (Å²) < 4.78 is 0. The third-order valence-corrected chi connectivity index (χ3v) is 2.17. The first-order valence-electron chi connectivity index (χ1n) is 5.69. The van der Waals surface area contributed by atoms with Crippen molar-refractivity contribution in [3.05, 3.63) is 0 Å². The second-order valence-electron chi connectivity index (χ2n) is 3.73. The summed E-state index contributed by atoms with van der Waals surface area (Å²) in [5.74, 6) is -0.155. The molecule has 1 unspecified atom stereocenters. The van der Waals surface area contributed by atoms with Crippen molar-refractivity contribution in [1.29, 1.82) is 5.41 Å². The van der Waals surface area contributed by atoms with Gasteiger partial charge in [-0.15, -0.1) is 0 Å². The molecule has 0 aromatic heterocycles. The SMILES string of the molecule is CCCCNC(=O)C(N)CCCNC(=N)N. The van der Waals surface area contributed by atoms with Crippen LogP contribution in [0.2, 0.25) is 0 Å². The number of hydrogen-bond donors (Lipinski definition) is 5. The van der Waals surface area contributed by atoms with E-state index in [0.29, 0.717) is 19.5 Å². The summed E-state index contributed by atoms with van der Waals surface area (Å²) in [5, 5.41) is 12.4. The second-order valence-corrected chi connectivity index (χ2v) is 3.73. The first kappa shape index (κ1) is 14.7. The first-order valence-corrected chi connectivity index (χ1v) is 5.69. The van der Waals surface area contributed by atoms with Crippen LogP contribution >= 0.6 is 0 Å². The number of guanidine groups is 1. The fourth-order valence-electron chi connectivity index (χ4n) is 1.20. The molecule has 0 rings (SSSR count). The lowest BCUT2D eigenvalue weighted by atomic mass is 10.1. The van der Waals surface area contributed by atoms with Crippen LogP contribution in [0.4, 0.5) is 0 Å². The minimum absolute atomic E-state index is 0.0547. The lowest BCUT2D eigenvalue weighted by Gasteiger charge is -2.12. The van der Waals surface area contributed by atoms with E-state index in [1.807, 2.05) is 0 Å². The van der Waals surface area contributed by atoms with Gasteiger partial charge in [-0.3, -0.25) is 10.2 Å². The van der Waals surface area contributed by atoms with Gasteiger partial charge < -0.3 is 22.1 Å². The largest absolute Gasteiger partial charge is 0.370 e. The quantitative estimate of drug-likeness (QED) is 0.219. The van der Waals surface area contributed by atoms with E-state index < -0.39 is 6.04 Å². The molecule has 0 fully saturated rings. The molecule has 16 heavy (non-hydrogen) atoms. The van der Waals surface area contributed by atoms with Crippen LogP contribution in [-0.4, -0.2) is 31.0 Å². The standard InChI is InChI=1S/C10H23N5O/c1-2-3-6-14-9(16)8(11)5-4-7-15-10(12)13/h8H,2-7,11H2,1H3,(H,14,16)(H4,12,13,15). The number of unbranched alkanes of at least 4 members (excludes halogenated alkanes) is 1. The van der Waals surface area contributed by atoms with Crippen molar-refractivity contribution in [3.63, 3.8) is 0 Å². The van der Waals surface area contributed by atoms with Gasteiger partial charge in [-0.2, -0.15) is 0 Å². The molecular formula is C10H23N5O. The molecule has 0 bridgehead atoms. The van der Waals surface area contributed by atoms with E-state index in [9.17, 15) is 4.79 Å². The lowest BCUT2D eigenvalue weighted by Crippen LogP contribution is -2.41. The van der Waals surface area contributed by atoms with E-state index in [-0.39, 0.29) is 11.9 Å². The summed E-state index contributed by atoms with van der Waals surface area (Å²) in [4.78, 5) is 11.4. The summed E-state index contributed by atoms with van der Waals surface area (Å²) in [6, 6.07) is -0.467. The van der Waals surface area contributed by atoms with Crippen LogP contribution in [0.1, 0.15) is 32.6 Å². The normalized spacial score (nSPS) is 11.9. The fraction of sp³-hybridized carbons (Fsp3) is 0.800. The van der Waals surface area contributed by atoms with Crippen LogP contribution in [0, 0.1) is 5.41 Å². The molecule has 94 valence electrons. The molecule has 6 heteroatoms. The van der Waals surface area contributed by atoms with E-state index in [4.69, 9.17) is 16.9 Å². The van der Waals surface area contributed by atoms with E-state index in [2.05, 4.69) is 17.6 Å². The van der Waals surface area contributed by atoms with Crippen LogP contribution in [0.5, 0.6) is 0 Å². The molecule has 0 aromatic carbocycles. The highest BCUT2D eigenvalue weighted by atomic mass is 16.2. The van der Waals surface area contributed by atoms with Gasteiger partial charge >= 0.3 is 0 Å². The Morgan fingerprint density at radius 3 is 2.50 bits per heavy atom. The number of carbonyl (C=O) groups is 1. The van der Waals surface area contributed by atoms with Gasteiger partial charge in [-0.05, 0) is 19.3 Å². The van der Waals surface area contributed by atoms with Gasteiger partial charge in [0.25, 0.3) is 0 Å². The number of hydrogen-bond acceptors (Lipinski definition) is 3. The van der Waals surface area contributed by atoms with Crippen LogP contribution in [0.3, 0.4) is 0 Å². The molecule has 0 saturated heterocycles. The highest BCUT2D eigenvalue weighted by Gasteiger charge is 2.11. The summed E-state index contributed by atoms with van der Waals surface area (Å²) in [7, 11) is 0. The topological polar surface area (TPSA) is 117 Å². The van der Waals surface area contributed by atoms with Gasteiger partial charge in [0.1, 0.15) is 0 Å². The van der Waals surface area contributed by atoms with Crippen molar-refractivity contribution in [2.24, 2.45) is 11.5 Å². The second kappa shape index (κ2) is 8.96. The van der Waals surface area contributed by atoms with Gasteiger partial charge in [0.05, 0.1) is 6.04 Å². The maximum absolute atomic E-state index is 11.4. The van der Waals surface area contributed by atoms with Crippen molar-refractivity contribution < 1.29 is 4.79 Å². The predicted octanol–water partition coefficient (Wildman–Crippen LogP) is -0.507. The van der Waals surface area contributed by atoms with E-state index in [1.54, 1.807) is 0 Å². The Bertz CT molecular complexity index is 219. The molecule has 1 atom stereocenters. The van der Waals surface area contributed by atoms with Gasteiger partial charge in [-0.25, -0.2) is 0 Å². The van der Waals surface area contributed by atoms with Gasteiger partial charge in [-0.1, -0.05) is 13.3 Å². The van der Waals surface area contributed by atoms with Crippen molar-refractivity contribution in [1.82, 2.24) is 10.6 Å². The Labute approximate surface area is 96.7 Å². The van der Waals surface area contributed by atoms with Gasteiger partial charge in [0.15, 0.2) is 5.96 Å². The Hall–Kier alpha value is -1.30. The summed E-state index contributed by atoms with van der Waals surface area (Å²) >= 11 is 0. The smallest absolute Gasteiger partial charge is 0.236 e. The molecule has 0 aliphatic heterocycles. The van der Waals surface area contributed by atoms with Gasteiger partial charge in [0, 0.05) is 13.1 Å². The molecule has 0 heterocycles. The minimum atomic E-state index is -0.467. The third-order valence-electron chi connectivity index (χ3n) is 2.17. The van der Waals surface area contributed by atoms with E-state index >= 15 is 0 Å². The molecule has 6 nitrogen and oxygen atoms in total. The molecule has 0 spiro atoms. The van der Waals surface area contributed by atoms with Gasteiger partial charge in [0.2, 0.25) is 5.91 Å². The monoisotopic (exact) mass is 229 g/mol. The fourth-order valence-corrected chi connectivity index (χ4v) is 1.20. The highest BCUT2D eigenvalue weighted by molar-refractivity contribution is 5.81. The lowest BCUT2D eigenvalue weighted by molar-refractivity contribution is -0.122. The average molecular weight is 229 g/mol.